The normalized spacial score (nSPS) is 13.9. The molecule has 68 valence electrons. The van der Waals surface area contributed by atoms with E-state index in [-0.39, 0.29) is 24.1 Å². The van der Waals surface area contributed by atoms with Crippen LogP contribution in [0.3, 0.4) is 0 Å². The molecular weight excluding hydrogens is 233 g/mol. The first-order valence-electron chi connectivity index (χ1n) is 2.09. The molecule has 0 amide bonds. The van der Waals surface area contributed by atoms with Gasteiger partial charge in [0.15, 0.2) is 0 Å². The zero-order chi connectivity index (χ0) is 9.69. The second kappa shape index (κ2) is 4.19. The topological polar surface area (TPSA) is 86.3 Å². The van der Waals surface area contributed by atoms with E-state index in [0.717, 1.165) is 10.8 Å². The summed E-state index contributed by atoms with van der Waals surface area (Å²) in [5, 5.41) is 17.9. The third-order valence-electron chi connectivity index (χ3n) is 0.389. The Balaban J connectivity index is 4.12. The summed E-state index contributed by atoms with van der Waals surface area (Å²) in [5.41, 5.74) is 0. The fourth-order valence-electron chi connectivity index (χ4n) is 0.166. The van der Waals surface area contributed by atoms with Crippen LogP contribution < -0.4 is 0 Å². The van der Waals surface area contributed by atoms with Gasteiger partial charge in [0, 0.05) is 0 Å². The standard InChI is InChI=1S/C2HF2N2O3PS2/c3-10(4,7,8-11-1-5)9-12-2-6/h7H. The van der Waals surface area contributed by atoms with Crippen molar-refractivity contribution in [1.29, 1.82) is 10.5 Å². The van der Waals surface area contributed by atoms with E-state index in [9.17, 15) is 8.39 Å². The van der Waals surface area contributed by atoms with Crippen molar-refractivity contribution in [3.8, 4) is 10.8 Å². The van der Waals surface area contributed by atoms with Crippen molar-refractivity contribution in [2.75, 3.05) is 0 Å². The van der Waals surface area contributed by atoms with Gasteiger partial charge in [0.2, 0.25) is 0 Å². The molecule has 0 rings (SSSR count). The Kier molecular flexibility index (Phi) is 4.14. The predicted octanol–water partition coefficient (Wildman–Crippen LogP) is 2.34. The first-order valence-corrected chi connectivity index (χ1v) is 5.38. The van der Waals surface area contributed by atoms with Crippen LogP contribution >= 0.6 is 32.0 Å². The molecule has 0 saturated heterocycles. The van der Waals surface area contributed by atoms with Crippen molar-refractivity contribution in [2.45, 2.75) is 0 Å². The van der Waals surface area contributed by atoms with Crippen LogP contribution in [0.4, 0.5) is 8.39 Å². The van der Waals surface area contributed by atoms with Crippen molar-refractivity contribution in [2.24, 2.45) is 0 Å². The van der Waals surface area contributed by atoms with Gasteiger partial charge in [-0.2, -0.15) is 0 Å². The van der Waals surface area contributed by atoms with Crippen LogP contribution in [-0.4, -0.2) is 4.89 Å². The average molecular weight is 234 g/mol. The van der Waals surface area contributed by atoms with Gasteiger partial charge in [-0.05, 0) is 0 Å². The van der Waals surface area contributed by atoms with Crippen LogP contribution in [0.5, 0.6) is 0 Å². The molecule has 0 aliphatic heterocycles. The third kappa shape index (κ3) is 5.49. The number of hydrogen-bond donors (Lipinski definition) is 1. The molecule has 12 heavy (non-hydrogen) atoms. The number of halogens is 2. The van der Waals surface area contributed by atoms with E-state index in [4.69, 9.17) is 15.4 Å². The first-order chi connectivity index (χ1) is 5.39. The van der Waals surface area contributed by atoms with Crippen molar-refractivity contribution in [3.05, 3.63) is 0 Å². The molecule has 0 saturated carbocycles. The fourth-order valence-corrected chi connectivity index (χ4v) is 1.72. The van der Waals surface area contributed by atoms with Crippen molar-refractivity contribution < 1.29 is 21.2 Å². The minimum atomic E-state index is -6.72. The molecule has 5 nitrogen and oxygen atoms in total. The maximum atomic E-state index is 12.4. The van der Waals surface area contributed by atoms with Crippen LogP contribution in [0.15, 0.2) is 0 Å². The number of nitrogens with zero attached hydrogens (tertiary/aromatic N) is 2. The van der Waals surface area contributed by atoms with E-state index in [0.29, 0.717) is 0 Å². The molecule has 0 aliphatic rings. The van der Waals surface area contributed by atoms with E-state index in [2.05, 4.69) is 7.94 Å². The molecule has 0 bridgehead atoms. The van der Waals surface area contributed by atoms with Crippen molar-refractivity contribution in [1.82, 2.24) is 0 Å². The molecule has 0 aromatic carbocycles. The molecule has 0 aromatic rings. The van der Waals surface area contributed by atoms with Crippen LogP contribution in [0.25, 0.3) is 0 Å². The van der Waals surface area contributed by atoms with Gasteiger partial charge in [-0.25, -0.2) is 0 Å². The third-order valence-corrected chi connectivity index (χ3v) is 3.06. The molecule has 10 heteroatoms. The van der Waals surface area contributed by atoms with Crippen molar-refractivity contribution in [3.63, 3.8) is 0 Å². The number of nitriles is 2. The van der Waals surface area contributed by atoms with E-state index in [1.807, 2.05) is 0 Å². The summed E-state index contributed by atoms with van der Waals surface area (Å²) < 4.78 is 31.5. The first kappa shape index (κ1) is 11.8. The van der Waals surface area contributed by atoms with E-state index in [1.54, 1.807) is 0 Å². The minimum absolute atomic E-state index is 0.320. The predicted molar refractivity (Wildman–Crippen MR) is 39.9 cm³/mol. The summed E-state index contributed by atoms with van der Waals surface area (Å²) in [4.78, 5) is 8.25. The second-order valence-electron chi connectivity index (χ2n) is 1.23. The summed E-state index contributed by atoms with van der Waals surface area (Å²) in [6.07, 6.45) is 0. The number of rotatable bonds is 4. The Morgan fingerprint density at radius 3 is 1.75 bits per heavy atom. The van der Waals surface area contributed by atoms with Crippen LogP contribution in [0, 0.1) is 21.3 Å². The summed E-state index contributed by atoms with van der Waals surface area (Å²) in [5.74, 6) is 0. The fraction of sp³-hybridized carbons (Fsp3) is 0. The van der Waals surface area contributed by atoms with Gasteiger partial charge in [-0.3, -0.25) is 0 Å². The zero-order valence-electron chi connectivity index (χ0n) is 5.18. The van der Waals surface area contributed by atoms with Gasteiger partial charge in [0.1, 0.15) is 0 Å². The van der Waals surface area contributed by atoms with Gasteiger partial charge in [-0.1, -0.05) is 0 Å². The molecule has 0 heterocycles. The van der Waals surface area contributed by atoms with Crippen LogP contribution in [0.2, 0.25) is 0 Å². The summed E-state index contributed by atoms with van der Waals surface area (Å²) >= 11 is -0.640. The molecule has 0 spiro atoms. The molecule has 0 aliphatic carbocycles. The molecule has 0 unspecified atom stereocenters. The molecular formula is C2HF2N2O3PS2. The van der Waals surface area contributed by atoms with E-state index in [1.165, 1.54) is 0 Å². The van der Waals surface area contributed by atoms with Crippen LogP contribution in [-0.2, 0) is 7.94 Å². The van der Waals surface area contributed by atoms with E-state index < -0.39 is 7.91 Å². The molecule has 0 radical (unpaired) electrons. The van der Waals surface area contributed by atoms with Gasteiger partial charge in [0.05, 0.1) is 0 Å². The Morgan fingerprint density at radius 2 is 1.50 bits per heavy atom. The second-order valence-corrected chi connectivity index (χ2v) is 4.58. The molecule has 1 N–H and O–H groups in total. The number of thiocyanates is 2. The average Bonchev–Trinajstić information content (AvgIpc) is 1.97. The van der Waals surface area contributed by atoms with Gasteiger partial charge < -0.3 is 0 Å². The van der Waals surface area contributed by atoms with E-state index >= 15 is 0 Å². The molecule has 0 aromatic heterocycles. The maximum absolute atomic E-state index is 12.4. The molecule has 0 fully saturated rings. The molecule has 0 atom stereocenters. The Labute approximate surface area is 75.1 Å². The van der Waals surface area contributed by atoms with Gasteiger partial charge in [0.25, 0.3) is 0 Å². The van der Waals surface area contributed by atoms with Crippen molar-refractivity contribution >= 4 is 32.0 Å². The Morgan fingerprint density at radius 1 is 1.17 bits per heavy atom. The monoisotopic (exact) mass is 234 g/mol. The zero-order valence-corrected chi connectivity index (χ0v) is 7.71. The summed E-state index contributed by atoms with van der Waals surface area (Å²) in [6.45, 7) is 0. The summed E-state index contributed by atoms with van der Waals surface area (Å²) in [6, 6.07) is 0. The number of hydrogen-bond acceptors (Lipinski definition) is 7. The SMILES string of the molecule is N#CSOP(O)(F)(F)OSC#N. The van der Waals surface area contributed by atoms with Gasteiger partial charge in [-0.15, -0.1) is 0 Å². The van der Waals surface area contributed by atoms with Gasteiger partial charge >= 0.3 is 74.5 Å². The summed E-state index contributed by atoms with van der Waals surface area (Å²) in [7, 11) is -6.72. The Bertz CT molecular complexity index is 219. The van der Waals surface area contributed by atoms with Crippen LogP contribution in [0.1, 0.15) is 0 Å². The Hall–Kier alpha value is -0.150. The quantitative estimate of drug-likeness (QED) is 0.453.